The molecule has 0 N–H and O–H groups in total. The molecule has 0 radical (unpaired) electrons. The molecule has 1 aromatic rings. The third-order valence-electron chi connectivity index (χ3n) is 4.43. The van der Waals surface area contributed by atoms with Crippen molar-refractivity contribution in [1.82, 2.24) is 0 Å². The third kappa shape index (κ3) is 2.95. The van der Waals surface area contributed by atoms with Gasteiger partial charge in [-0.25, -0.2) is 9.59 Å². The van der Waals surface area contributed by atoms with Crippen LogP contribution in [0.1, 0.15) is 19.4 Å². The summed E-state index contributed by atoms with van der Waals surface area (Å²) >= 11 is 0. The van der Waals surface area contributed by atoms with Crippen LogP contribution < -0.4 is 9.64 Å². The predicted octanol–water partition coefficient (Wildman–Crippen LogP) is 1.75. The van der Waals surface area contributed by atoms with Crippen molar-refractivity contribution in [3.8, 4) is 5.75 Å². The van der Waals surface area contributed by atoms with Gasteiger partial charge in [-0.05, 0) is 6.07 Å². The smallest absolute Gasteiger partial charge is 0.355 e. The Balaban J connectivity index is 2.06. The van der Waals surface area contributed by atoms with Gasteiger partial charge in [-0.15, -0.1) is 0 Å². The summed E-state index contributed by atoms with van der Waals surface area (Å²) in [6.07, 6.45) is 0. The molecule has 7 heteroatoms. The number of methoxy groups -OCH3 is 2. The van der Waals surface area contributed by atoms with E-state index in [1.807, 2.05) is 18.2 Å². The zero-order valence-corrected chi connectivity index (χ0v) is 14.8. The zero-order chi connectivity index (χ0) is 18.2. The lowest BCUT2D eigenvalue weighted by Gasteiger charge is -2.31. The van der Waals surface area contributed by atoms with Crippen molar-refractivity contribution in [3.05, 3.63) is 35.0 Å². The van der Waals surface area contributed by atoms with E-state index in [2.05, 4.69) is 13.8 Å². The fourth-order valence-electron chi connectivity index (χ4n) is 3.04. The van der Waals surface area contributed by atoms with Crippen LogP contribution in [0.3, 0.4) is 0 Å². The van der Waals surface area contributed by atoms with Crippen molar-refractivity contribution >= 4 is 17.6 Å². The highest BCUT2D eigenvalue weighted by Crippen LogP contribution is 2.41. The van der Waals surface area contributed by atoms with Crippen LogP contribution in [0.5, 0.6) is 5.75 Å². The summed E-state index contributed by atoms with van der Waals surface area (Å²) in [5, 5.41) is 0. The van der Waals surface area contributed by atoms with Crippen molar-refractivity contribution in [1.29, 1.82) is 0 Å². The second kappa shape index (κ2) is 6.40. The molecule has 2 aliphatic heterocycles. The Hall–Kier alpha value is -2.54. The molecule has 7 nitrogen and oxygen atoms in total. The number of fused-ring (bicyclic) bond motifs is 1. The molecule has 0 spiro atoms. The van der Waals surface area contributed by atoms with Crippen LogP contribution in [-0.2, 0) is 29.2 Å². The Morgan fingerprint density at radius 3 is 2.56 bits per heavy atom. The molecule has 0 aromatic heterocycles. The van der Waals surface area contributed by atoms with Gasteiger partial charge in [0.1, 0.15) is 18.2 Å². The number of hydrogen-bond donors (Lipinski definition) is 0. The van der Waals surface area contributed by atoms with Crippen molar-refractivity contribution in [3.63, 3.8) is 0 Å². The second-order valence-electron chi connectivity index (χ2n) is 6.57. The third-order valence-corrected chi connectivity index (χ3v) is 4.43. The topological polar surface area (TPSA) is 74.3 Å². The van der Waals surface area contributed by atoms with Crippen molar-refractivity contribution in [2.75, 3.05) is 39.1 Å². The van der Waals surface area contributed by atoms with E-state index < -0.39 is 11.9 Å². The lowest BCUT2D eigenvalue weighted by Crippen LogP contribution is -2.38. The number of carbonyl (C=O) groups is 2. The molecular formula is C18H21NO6. The molecule has 25 heavy (non-hydrogen) atoms. The van der Waals surface area contributed by atoms with Crippen LogP contribution >= 0.6 is 0 Å². The van der Waals surface area contributed by atoms with Crippen LogP contribution in [0, 0.1) is 0 Å². The molecule has 134 valence electrons. The fraction of sp³-hybridized carbons (Fsp3) is 0.444. The van der Waals surface area contributed by atoms with E-state index in [-0.39, 0.29) is 30.0 Å². The molecule has 2 heterocycles. The molecule has 2 aliphatic rings. The normalized spacial score (nSPS) is 18.5. The summed E-state index contributed by atoms with van der Waals surface area (Å²) < 4.78 is 20.9. The monoisotopic (exact) mass is 347 g/mol. The highest BCUT2D eigenvalue weighted by Gasteiger charge is 2.35. The van der Waals surface area contributed by atoms with Gasteiger partial charge in [0.25, 0.3) is 0 Å². The van der Waals surface area contributed by atoms with Crippen LogP contribution in [0.2, 0.25) is 0 Å². The Kier molecular flexibility index (Phi) is 4.43. The highest BCUT2D eigenvalue weighted by molar-refractivity contribution is 6.03. The number of esters is 2. The molecule has 0 saturated heterocycles. The molecule has 0 fully saturated rings. The fourth-order valence-corrected chi connectivity index (χ4v) is 3.04. The maximum Gasteiger partial charge on any atom is 0.355 e. The maximum atomic E-state index is 12.3. The SMILES string of the molecule is COC(=O)C1=C(C(=O)OC)N(c2ccc3c(c2)OCC3(C)C)COC1. The largest absolute Gasteiger partial charge is 0.492 e. The molecule has 0 aliphatic carbocycles. The average Bonchev–Trinajstić information content (AvgIpc) is 2.94. The molecule has 3 rings (SSSR count). The van der Waals surface area contributed by atoms with Gasteiger partial charge in [0.2, 0.25) is 0 Å². The standard InChI is InChI=1S/C18H21NO6/c1-18(2)9-25-14-7-11(5-6-13(14)18)19-10-24-8-12(16(20)22-3)15(19)17(21)23-4/h5-7H,8-10H2,1-4H3. The highest BCUT2D eigenvalue weighted by atomic mass is 16.5. The van der Waals surface area contributed by atoms with E-state index in [1.165, 1.54) is 14.2 Å². The Morgan fingerprint density at radius 2 is 1.88 bits per heavy atom. The minimum Gasteiger partial charge on any atom is -0.492 e. The number of benzene rings is 1. The number of ether oxygens (including phenoxy) is 4. The Bertz CT molecular complexity index is 752. The maximum absolute atomic E-state index is 12.3. The Morgan fingerprint density at radius 1 is 1.16 bits per heavy atom. The summed E-state index contributed by atoms with van der Waals surface area (Å²) in [4.78, 5) is 25.9. The van der Waals surface area contributed by atoms with E-state index in [1.54, 1.807) is 4.90 Å². The molecule has 1 aromatic carbocycles. The summed E-state index contributed by atoms with van der Waals surface area (Å²) in [6.45, 7) is 4.92. The molecule has 0 unspecified atom stereocenters. The van der Waals surface area contributed by atoms with Gasteiger partial charge >= 0.3 is 11.9 Å². The first-order valence-corrected chi connectivity index (χ1v) is 7.91. The number of carbonyl (C=O) groups excluding carboxylic acids is 2. The van der Waals surface area contributed by atoms with E-state index >= 15 is 0 Å². The first kappa shape index (κ1) is 17.3. The van der Waals surface area contributed by atoms with E-state index in [9.17, 15) is 9.59 Å². The van der Waals surface area contributed by atoms with Crippen LogP contribution in [0.15, 0.2) is 29.5 Å². The minimum absolute atomic E-state index is 0.0118. The van der Waals surface area contributed by atoms with Gasteiger partial charge in [-0.3, -0.25) is 0 Å². The summed E-state index contributed by atoms with van der Waals surface area (Å²) in [5.74, 6) is -0.481. The summed E-state index contributed by atoms with van der Waals surface area (Å²) in [7, 11) is 2.53. The summed E-state index contributed by atoms with van der Waals surface area (Å²) in [5.41, 5.74) is 1.97. The van der Waals surface area contributed by atoms with Crippen molar-refractivity contribution in [2.24, 2.45) is 0 Å². The van der Waals surface area contributed by atoms with Gasteiger partial charge in [0, 0.05) is 22.7 Å². The van der Waals surface area contributed by atoms with Gasteiger partial charge in [0.05, 0.1) is 33.0 Å². The van der Waals surface area contributed by atoms with Gasteiger partial charge in [-0.1, -0.05) is 19.9 Å². The number of hydrogen-bond acceptors (Lipinski definition) is 7. The molecule has 0 amide bonds. The van der Waals surface area contributed by atoms with Crippen molar-refractivity contribution in [2.45, 2.75) is 19.3 Å². The van der Waals surface area contributed by atoms with Gasteiger partial charge < -0.3 is 23.8 Å². The number of rotatable bonds is 3. The van der Waals surface area contributed by atoms with Gasteiger partial charge in [0.15, 0.2) is 0 Å². The molecule has 0 saturated carbocycles. The Labute approximate surface area is 146 Å². The molecule has 0 bridgehead atoms. The zero-order valence-electron chi connectivity index (χ0n) is 14.8. The first-order valence-electron chi connectivity index (χ1n) is 7.91. The summed E-state index contributed by atoms with van der Waals surface area (Å²) in [6, 6.07) is 5.69. The average molecular weight is 347 g/mol. The van der Waals surface area contributed by atoms with E-state index in [4.69, 9.17) is 18.9 Å². The minimum atomic E-state index is -0.622. The lowest BCUT2D eigenvalue weighted by molar-refractivity contribution is -0.140. The number of anilines is 1. The molecule has 0 atom stereocenters. The quantitative estimate of drug-likeness (QED) is 0.771. The molecular weight excluding hydrogens is 326 g/mol. The van der Waals surface area contributed by atoms with Crippen LogP contribution in [0.25, 0.3) is 0 Å². The van der Waals surface area contributed by atoms with Crippen LogP contribution in [-0.4, -0.2) is 46.1 Å². The van der Waals surface area contributed by atoms with Crippen molar-refractivity contribution < 1.29 is 28.5 Å². The van der Waals surface area contributed by atoms with E-state index in [0.717, 1.165) is 11.3 Å². The lowest BCUT2D eigenvalue weighted by atomic mass is 9.87. The first-order chi connectivity index (χ1) is 11.9. The predicted molar refractivity (Wildman–Crippen MR) is 89.3 cm³/mol. The van der Waals surface area contributed by atoms with Crippen LogP contribution in [0.4, 0.5) is 5.69 Å². The van der Waals surface area contributed by atoms with Gasteiger partial charge in [-0.2, -0.15) is 0 Å². The van der Waals surface area contributed by atoms with E-state index in [0.29, 0.717) is 12.3 Å². The number of nitrogens with zero attached hydrogens (tertiary/aromatic N) is 1. The second-order valence-corrected chi connectivity index (χ2v) is 6.57.